The summed E-state index contributed by atoms with van der Waals surface area (Å²) in [5.41, 5.74) is 0. The first-order valence-electron chi connectivity index (χ1n) is 24.2. The third-order valence-corrected chi connectivity index (χ3v) is 11.9. The van der Waals surface area contributed by atoms with Crippen LogP contribution in [0.3, 0.4) is 0 Å². The second-order valence-corrected chi connectivity index (χ2v) is 19.3. The van der Waals surface area contributed by atoms with E-state index in [-0.39, 0.29) is 19.1 Å². The third-order valence-electron chi connectivity index (χ3n) is 10.9. The van der Waals surface area contributed by atoms with Gasteiger partial charge in [0.15, 0.2) is 0 Å². The lowest BCUT2D eigenvalue weighted by atomic mass is 10.0. The molecule has 57 heavy (non-hydrogen) atoms. The van der Waals surface area contributed by atoms with E-state index in [1.807, 2.05) is 21.1 Å². The number of aliphatic hydroxyl groups excluding tert-OH is 1. The van der Waals surface area contributed by atoms with Crippen LogP contribution in [0.2, 0.25) is 0 Å². The first kappa shape index (κ1) is 56.0. The molecule has 0 radical (unpaired) electrons. The number of aliphatic hydroxyl groups is 1. The molecule has 0 rings (SSSR count). The molecule has 0 heterocycles. The maximum Gasteiger partial charge on any atom is 0.472 e. The second kappa shape index (κ2) is 40.4. The summed E-state index contributed by atoms with van der Waals surface area (Å²) in [5.74, 6) is -0.155. The Kier molecular flexibility index (Phi) is 39.7. The number of phosphoric acid groups is 1. The molecule has 0 aromatic carbocycles. The average Bonchev–Trinajstić information content (AvgIpc) is 3.16. The summed E-state index contributed by atoms with van der Waals surface area (Å²) in [4.78, 5) is 23.2. The number of carbonyl (C=O) groups is 1. The lowest BCUT2D eigenvalue weighted by molar-refractivity contribution is -0.870. The fourth-order valence-corrected chi connectivity index (χ4v) is 7.77. The molecular weight excluding hydrogens is 732 g/mol. The quantitative estimate of drug-likeness (QED) is 0.0244. The summed E-state index contributed by atoms with van der Waals surface area (Å²) in [6, 6.07) is -0.775. The zero-order valence-electron chi connectivity index (χ0n) is 38.3. The number of hydrogen-bond donors (Lipinski definition) is 3. The number of quaternary nitrogens is 1. The molecule has 0 fully saturated rings. The van der Waals surface area contributed by atoms with E-state index in [0.29, 0.717) is 23.9 Å². The van der Waals surface area contributed by atoms with Crippen molar-refractivity contribution in [2.75, 3.05) is 40.9 Å². The highest BCUT2D eigenvalue weighted by molar-refractivity contribution is 7.47. The summed E-state index contributed by atoms with van der Waals surface area (Å²) in [7, 11) is 1.60. The molecule has 0 saturated carbocycles. The van der Waals surface area contributed by atoms with Crippen molar-refractivity contribution in [1.29, 1.82) is 0 Å². The van der Waals surface area contributed by atoms with Crippen molar-refractivity contribution in [2.24, 2.45) is 0 Å². The van der Waals surface area contributed by atoms with Gasteiger partial charge >= 0.3 is 7.82 Å². The van der Waals surface area contributed by atoms with Crippen molar-refractivity contribution >= 4 is 13.7 Å². The Morgan fingerprint density at radius 1 is 0.579 bits per heavy atom. The molecule has 0 aromatic rings. The van der Waals surface area contributed by atoms with Gasteiger partial charge in [-0.25, -0.2) is 4.57 Å². The fraction of sp³-hybridized carbons (Fsp3) is 0.896. The molecule has 9 heteroatoms. The molecule has 338 valence electrons. The minimum atomic E-state index is -4.32. The highest BCUT2D eigenvalue weighted by Gasteiger charge is 2.28. The van der Waals surface area contributed by atoms with E-state index < -0.39 is 20.0 Å². The Balaban J connectivity index is 4.33. The molecule has 1 amide bonds. The molecule has 0 saturated heterocycles. The SMILES string of the molecule is CCCCCCCC/C=C/CCCCCCCCCCCC(=O)N[C@@H](COP(=O)(O)OCC[N+](C)(C)C)[C@H](O)CCCC/C=C/CCCCCCCCCCCC. The van der Waals surface area contributed by atoms with E-state index in [4.69, 9.17) is 9.05 Å². The maximum atomic E-state index is 12.9. The molecular formula is C48H96N2O6P+. The van der Waals surface area contributed by atoms with Crippen molar-refractivity contribution < 1.29 is 32.9 Å². The molecule has 3 N–H and O–H groups in total. The fourth-order valence-electron chi connectivity index (χ4n) is 7.04. The summed E-state index contributed by atoms with van der Waals surface area (Å²) in [5, 5.41) is 14.0. The minimum Gasteiger partial charge on any atom is -0.391 e. The van der Waals surface area contributed by atoms with Gasteiger partial charge in [0.1, 0.15) is 13.2 Å². The van der Waals surface area contributed by atoms with Crippen molar-refractivity contribution in [3.8, 4) is 0 Å². The van der Waals surface area contributed by atoms with Gasteiger partial charge in [-0.2, -0.15) is 0 Å². The van der Waals surface area contributed by atoms with Crippen LogP contribution in [0.15, 0.2) is 24.3 Å². The molecule has 0 bridgehead atoms. The lowest BCUT2D eigenvalue weighted by Crippen LogP contribution is -2.46. The normalized spacial score (nSPS) is 14.4. The van der Waals surface area contributed by atoms with E-state index in [1.54, 1.807) is 0 Å². The van der Waals surface area contributed by atoms with Crippen molar-refractivity contribution in [2.45, 2.75) is 238 Å². The number of phosphoric ester groups is 1. The molecule has 0 aliphatic heterocycles. The Bertz CT molecular complexity index is 984. The molecule has 0 aliphatic carbocycles. The van der Waals surface area contributed by atoms with Gasteiger partial charge < -0.3 is 19.8 Å². The van der Waals surface area contributed by atoms with E-state index in [0.717, 1.165) is 44.9 Å². The van der Waals surface area contributed by atoms with E-state index >= 15 is 0 Å². The Morgan fingerprint density at radius 2 is 0.947 bits per heavy atom. The monoisotopic (exact) mass is 828 g/mol. The molecule has 0 aromatic heterocycles. The van der Waals surface area contributed by atoms with E-state index in [9.17, 15) is 19.4 Å². The van der Waals surface area contributed by atoms with Crippen LogP contribution in [0.4, 0.5) is 0 Å². The maximum absolute atomic E-state index is 12.9. The van der Waals surface area contributed by atoms with Crippen LogP contribution in [-0.4, -0.2) is 73.4 Å². The van der Waals surface area contributed by atoms with Crippen molar-refractivity contribution in [1.82, 2.24) is 5.32 Å². The number of nitrogens with one attached hydrogen (secondary N) is 1. The van der Waals surface area contributed by atoms with Gasteiger partial charge in [-0.1, -0.05) is 179 Å². The Morgan fingerprint density at radius 3 is 1.35 bits per heavy atom. The van der Waals surface area contributed by atoms with Gasteiger partial charge in [0.2, 0.25) is 5.91 Å². The number of allylic oxidation sites excluding steroid dienone is 4. The van der Waals surface area contributed by atoms with Crippen LogP contribution in [0, 0.1) is 0 Å². The number of nitrogens with zero attached hydrogens (tertiary/aromatic N) is 1. The van der Waals surface area contributed by atoms with Crippen LogP contribution < -0.4 is 5.32 Å². The highest BCUT2D eigenvalue weighted by atomic mass is 31.2. The summed E-state index contributed by atoms with van der Waals surface area (Å²) in [6.45, 7) is 4.87. The standard InChI is InChI=1S/C48H95N2O6P/c1-6-8-10-12-14-16-18-20-22-24-25-26-28-30-32-34-36-38-40-42-48(52)49-46(45-56-57(53,54)55-44-43-50(3,4)5)47(51)41-39-37-35-33-31-29-27-23-21-19-17-15-13-11-9-7-2/h20,22,31,33,46-47,51H,6-19,21,23-30,32,34-45H2,1-5H3,(H-,49,52,53,54)/p+1/b22-20+,33-31+/t46-,47+/m0/s1. The number of likely N-dealkylation sites (N-methyl/N-ethyl adjacent to an activating group) is 1. The number of amides is 1. The Labute approximate surface area is 354 Å². The van der Waals surface area contributed by atoms with Gasteiger partial charge in [0.05, 0.1) is 39.9 Å². The van der Waals surface area contributed by atoms with Crippen LogP contribution in [-0.2, 0) is 18.4 Å². The number of unbranched alkanes of at least 4 members (excludes halogenated alkanes) is 27. The van der Waals surface area contributed by atoms with Gasteiger partial charge in [-0.15, -0.1) is 0 Å². The largest absolute Gasteiger partial charge is 0.472 e. The van der Waals surface area contributed by atoms with Crippen LogP contribution in [0.5, 0.6) is 0 Å². The van der Waals surface area contributed by atoms with E-state index in [1.165, 1.54) is 154 Å². The van der Waals surface area contributed by atoms with Gasteiger partial charge in [-0.3, -0.25) is 13.8 Å². The summed E-state index contributed by atoms with van der Waals surface area (Å²) in [6.07, 6.45) is 47.8. The average molecular weight is 828 g/mol. The zero-order valence-corrected chi connectivity index (χ0v) is 39.2. The van der Waals surface area contributed by atoms with Gasteiger partial charge in [-0.05, 0) is 64.2 Å². The lowest BCUT2D eigenvalue weighted by Gasteiger charge is -2.26. The molecule has 1 unspecified atom stereocenters. The topological polar surface area (TPSA) is 105 Å². The van der Waals surface area contributed by atoms with Crippen LogP contribution in [0.1, 0.15) is 226 Å². The first-order chi connectivity index (χ1) is 27.5. The predicted octanol–water partition coefficient (Wildman–Crippen LogP) is 13.7. The van der Waals surface area contributed by atoms with Crippen molar-refractivity contribution in [3.63, 3.8) is 0 Å². The van der Waals surface area contributed by atoms with Gasteiger partial charge in [0, 0.05) is 6.42 Å². The van der Waals surface area contributed by atoms with Crippen LogP contribution in [0.25, 0.3) is 0 Å². The van der Waals surface area contributed by atoms with Crippen molar-refractivity contribution in [3.05, 3.63) is 24.3 Å². The molecule has 0 aliphatic rings. The number of rotatable bonds is 44. The highest BCUT2D eigenvalue weighted by Crippen LogP contribution is 2.43. The van der Waals surface area contributed by atoms with Crippen LogP contribution >= 0.6 is 7.82 Å². The molecule has 3 atom stereocenters. The molecule has 8 nitrogen and oxygen atoms in total. The third kappa shape index (κ3) is 42.9. The second-order valence-electron chi connectivity index (χ2n) is 17.8. The van der Waals surface area contributed by atoms with E-state index in [2.05, 4.69) is 43.5 Å². The zero-order chi connectivity index (χ0) is 42.1. The van der Waals surface area contributed by atoms with Gasteiger partial charge in [0.25, 0.3) is 0 Å². The predicted molar refractivity (Wildman–Crippen MR) is 245 cm³/mol. The first-order valence-corrected chi connectivity index (χ1v) is 25.7. The summed E-state index contributed by atoms with van der Waals surface area (Å²) < 4.78 is 23.7. The number of hydrogen-bond acceptors (Lipinski definition) is 5. The molecule has 0 spiro atoms. The summed E-state index contributed by atoms with van der Waals surface area (Å²) >= 11 is 0. The smallest absolute Gasteiger partial charge is 0.391 e. The number of carbonyl (C=O) groups excluding carboxylic acids is 1. The Hall–Kier alpha value is -1.02. The minimum absolute atomic E-state index is 0.0700.